The van der Waals surface area contributed by atoms with Crippen molar-refractivity contribution in [3.05, 3.63) is 29.3 Å². The zero-order chi connectivity index (χ0) is 13.5. The van der Waals surface area contributed by atoms with Gasteiger partial charge in [0.1, 0.15) is 0 Å². The number of anilines is 1. The quantitative estimate of drug-likeness (QED) is 0.749. The molecular formula is C13H18N2O3. The van der Waals surface area contributed by atoms with Crippen LogP contribution in [0.3, 0.4) is 0 Å². The monoisotopic (exact) mass is 250 g/mol. The third-order valence-corrected chi connectivity index (χ3v) is 2.46. The van der Waals surface area contributed by atoms with Gasteiger partial charge in [-0.05, 0) is 37.6 Å². The van der Waals surface area contributed by atoms with Crippen LogP contribution in [0.15, 0.2) is 18.2 Å². The fraction of sp³-hybridized carbons (Fsp3) is 0.385. The Kier molecular flexibility index (Phi) is 5.17. The normalized spacial score (nSPS) is 9.89. The molecule has 98 valence electrons. The van der Waals surface area contributed by atoms with Crippen LogP contribution in [-0.2, 0) is 9.53 Å². The van der Waals surface area contributed by atoms with Crippen LogP contribution in [0.2, 0.25) is 0 Å². The van der Waals surface area contributed by atoms with Gasteiger partial charge in [0, 0.05) is 17.8 Å². The first-order valence-corrected chi connectivity index (χ1v) is 5.84. The van der Waals surface area contributed by atoms with E-state index >= 15 is 0 Å². The molecule has 0 fully saturated rings. The first-order chi connectivity index (χ1) is 8.54. The topological polar surface area (TPSA) is 81.4 Å². The number of primary amides is 1. The molecule has 0 aliphatic carbocycles. The van der Waals surface area contributed by atoms with Crippen molar-refractivity contribution in [1.82, 2.24) is 0 Å². The minimum Gasteiger partial charge on any atom is -0.466 e. The molecule has 0 radical (unpaired) electrons. The number of nitrogens with two attached hydrogens (primary N) is 1. The molecule has 0 aliphatic rings. The first kappa shape index (κ1) is 14.0. The molecule has 18 heavy (non-hydrogen) atoms. The lowest BCUT2D eigenvalue weighted by Crippen LogP contribution is -2.14. The molecule has 0 unspecified atom stereocenters. The summed E-state index contributed by atoms with van der Waals surface area (Å²) in [6.45, 7) is 4.48. The maximum Gasteiger partial charge on any atom is 0.307 e. The van der Waals surface area contributed by atoms with Crippen molar-refractivity contribution in [3.8, 4) is 0 Å². The summed E-state index contributed by atoms with van der Waals surface area (Å²) in [6.07, 6.45) is 0.310. The number of hydrogen-bond donors (Lipinski definition) is 2. The summed E-state index contributed by atoms with van der Waals surface area (Å²) < 4.78 is 4.81. The smallest absolute Gasteiger partial charge is 0.307 e. The van der Waals surface area contributed by atoms with Gasteiger partial charge in [-0.15, -0.1) is 0 Å². The van der Waals surface area contributed by atoms with Crippen LogP contribution >= 0.6 is 0 Å². The van der Waals surface area contributed by atoms with Crippen molar-refractivity contribution in [3.63, 3.8) is 0 Å². The van der Waals surface area contributed by atoms with Gasteiger partial charge in [-0.25, -0.2) is 0 Å². The Morgan fingerprint density at radius 3 is 2.67 bits per heavy atom. The zero-order valence-corrected chi connectivity index (χ0v) is 10.7. The molecule has 0 aliphatic heterocycles. The maximum atomic E-state index is 11.1. The van der Waals surface area contributed by atoms with E-state index in [4.69, 9.17) is 10.5 Å². The molecule has 0 saturated heterocycles. The fourth-order valence-corrected chi connectivity index (χ4v) is 1.59. The number of benzene rings is 1. The van der Waals surface area contributed by atoms with Crippen molar-refractivity contribution in [2.24, 2.45) is 5.73 Å². The van der Waals surface area contributed by atoms with Gasteiger partial charge in [0.15, 0.2) is 0 Å². The highest BCUT2D eigenvalue weighted by atomic mass is 16.5. The minimum absolute atomic E-state index is 0.226. The van der Waals surface area contributed by atoms with Gasteiger partial charge in [-0.2, -0.15) is 0 Å². The first-order valence-electron chi connectivity index (χ1n) is 5.84. The molecule has 5 nitrogen and oxygen atoms in total. The second-order valence-electron chi connectivity index (χ2n) is 3.88. The SMILES string of the molecule is CCOC(=O)CCNc1ccc(C(N)=O)c(C)c1. The van der Waals surface area contributed by atoms with Crippen LogP contribution < -0.4 is 11.1 Å². The third kappa shape index (κ3) is 4.08. The molecule has 1 aromatic rings. The molecule has 3 N–H and O–H groups in total. The molecule has 5 heteroatoms. The van der Waals surface area contributed by atoms with E-state index in [0.29, 0.717) is 25.1 Å². The number of rotatable bonds is 6. The highest BCUT2D eigenvalue weighted by molar-refractivity contribution is 5.94. The standard InChI is InChI=1S/C13H18N2O3/c1-3-18-12(16)6-7-15-10-4-5-11(13(14)17)9(2)8-10/h4-5,8,15H,3,6-7H2,1-2H3,(H2,14,17). The number of aryl methyl sites for hydroxylation is 1. The average molecular weight is 250 g/mol. The Hall–Kier alpha value is -2.04. The van der Waals surface area contributed by atoms with Crippen LogP contribution in [-0.4, -0.2) is 25.0 Å². The van der Waals surface area contributed by atoms with Gasteiger partial charge in [0.25, 0.3) is 0 Å². The predicted octanol–water partition coefficient (Wildman–Crippen LogP) is 1.46. The van der Waals surface area contributed by atoms with Crippen LogP contribution in [0.4, 0.5) is 5.69 Å². The summed E-state index contributed by atoms with van der Waals surface area (Å²) in [5, 5.41) is 3.09. The lowest BCUT2D eigenvalue weighted by atomic mass is 10.1. The van der Waals surface area contributed by atoms with Crippen molar-refractivity contribution >= 4 is 17.6 Å². The summed E-state index contributed by atoms with van der Waals surface area (Å²) in [5.74, 6) is -0.666. The van der Waals surface area contributed by atoms with E-state index in [0.717, 1.165) is 11.3 Å². The molecular weight excluding hydrogens is 232 g/mol. The van der Waals surface area contributed by atoms with E-state index < -0.39 is 5.91 Å². The highest BCUT2D eigenvalue weighted by Gasteiger charge is 2.05. The Labute approximate surface area is 106 Å². The largest absolute Gasteiger partial charge is 0.466 e. The maximum absolute atomic E-state index is 11.1. The Morgan fingerprint density at radius 2 is 2.11 bits per heavy atom. The lowest BCUT2D eigenvalue weighted by Gasteiger charge is -2.08. The van der Waals surface area contributed by atoms with Crippen molar-refractivity contribution in [1.29, 1.82) is 0 Å². The number of ether oxygens (including phenoxy) is 1. The van der Waals surface area contributed by atoms with Gasteiger partial charge in [-0.3, -0.25) is 9.59 Å². The second kappa shape index (κ2) is 6.64. The number of esters is 1. The van der Waals surface area contributed by atoms with Gasteiger partial charge >= 0.3 is 5.97 Å². The van der Waals surface area contributed by atoms with Crippen LogP contribution in [0.1, 0.15) is 29.3 Å². The molecule has 0 aromatic heterocycles. The van der Waals surface area contributed by atoms with Crippen LogP contribution in [0.25, 0.3) is 0 Å². The molecule has 0 saturated carbocycles. The van der Waals surface area contributed by atoms with Crippen LogP contribution in [0, 0.1) is 6.92 Å². The van der Waals surface area contributed by atoms with E-state index in [1.807, 2.05) is 13.0 Å². The summed E-state index contributed by atoms with van der Waals surface area (Å²) in [4.78, 5) is 22.2. The lowest BCUT2D eigenvalue weighted by molar-refractivity contribution is -0.142. The number of carbonyl (C=O) groups excluding carboxylic acids is 2. The van der Waals surface area contributed by atoms with Gasteiger partial charge in [0.05, 0.1) is 13.0 Å². The Balaban J connectivity index is 2.51. The van der Waals surface area contributed by atoms with E-state index in [9.17, 15) is 9.59 Å². The minimum atomic E-state index is -0.439. The molecule has 1 rings (SSSR count). The van der Waals surface area contributed by atoms with Crippen molar-refractivity contribution < 1.29 is 14.3 Å². The summed E-state index contributed by atoms with van der Waals surface area (Å²) in [6, 6.07) is 5.26. The van der Waals surface area contributed by atoms with E-state index in [-0.39, 0.29) is 5.97 Å². The third-order valence-electron chi connectivity index (χ3n) is 2.46. The zero-order valence-electron chi connectivity index (χ0n) is 10.7. The van der Waals surface area contributed by atoms with Crippen LogP contribution in [0.5, 0.6) is 0 Å². The van der Waals surface area contributed by atoms with Gasteiger partial charge < -0.3 is 15.8 Å². The second-order valence-corrected chi connectivity index (χ2v) is 3.88. The Morgan fingerprint density at radius 1 is 1.39 bits per heavy atom. The molecule has 0 spiro atoms. The number of nitrogens with one attached hydrogen (secondary N) is 1. The van der Waals surface area contributed by atoms with Gasteiger partial charge in [0.2, 0.25) is 5.91 Å². The average Bonchev–Trinajstić information content (AvgIpc) is 2.29. The summed E-state index contributed by atoms with van der Waals surface area (Å²) in [7, 11) is 0. The molecule has 1 aromatic carbocycles. The molecule has 0 heterocycles. The highest BCUT2D eigenvalue weighted by Crippen LogP contribution is 2.14. The van der Waals surface area contributed by atoms with Gasteiger partial charge in [-0.1, -0.05) is 0 Å². The number of amides is 1. The van der Waals surface area contributed by atoms with Crippen molar-refractivity contribution in [2.75, 3.05) is 18.5 Å². The number of carbonyl (C=O) groups is 2. The van der Waals surface area contributed by atoms with E-state index in [2.05, 4.69) is 5.32 Å². The summed E-state index contributed by atoms with van der Waals surface area (Å²) >= 11 is 0. The van der Waals surface area contributed by atoms with E-state index in [1.54, 1.807) is 19.1 Å². The molecule has 0 bridgehead atoms. The molecule has 1 amide bonds. The fourth-order valence-electron chi connectivity index (χ4n) is 1.59. The molecule has 0 atom stereocenters. The summed E-state index contributed by atoms with van der Waals surface area (Å²) in [5.41, 5.74) is 7.38. The van der Waals surface area contributed by atoms with E-state index in [1.165, 1.54) is 0 Å². The predicted molar refractivity (Wildman–Crippen MR) is 69.4 cm³/mol. The number of hydrogen-bond acceptors (Lipinski definition) is 4. The Bertz CT molecular complexity index is 444. The van der Waals surface area contributed by atoms with Crippen molar-refractivity contribution in [2.45, 2.75) is 20.3 Å².